The summed E-state index contributed by atoms with van der Waals surface area (Å²) in [6.45, 7) is 0. The van der Waals surface area contributed by atoms with E-state index in [1.165, 1.54) is 5.39 Å². The Labute approximate surface area is 469 Å². The van der Waals surface area contributed by atoms with Crippen molar-refractivity contribution >= 4 is 130 Å². The molecule has 18 aromatic rings. The van der Waals surface area contributed by atoms with E-state index in [0.717, 1.165) is 159 Å². The summed E-state index contributed by atoms with van der Waals surface area (Å²) in [6.07, 6.45) is 3.84. The third-order valence-electron chi connectivity index (χ3n) is 17.6. The average molecular weight is 1040 g/mol. The van der Waals surface area contributed by atoms with E-state index in [2.05, 4.69) is 273 Å². The number of nitrogens with zero attached hydrogens (tertiary/aromatic N) is 6. The van der Waals surface area contributed by atoms with Crippen molar-refractivity contribution in [1.82, 2.24) is 23.3 Å². The molecule has 0 aliphatic rings. The van der Waals surface area contributed by atoms with Crippen molar-refractivity contribution in [1.29, 1.82) is 5.26 Å². The highest BCUT2D eigenvalue weighted by Gasteiger charge is 2.36. The Bertz CT molecular complexity index is 5840. The van der Waals surface area contributed by atoms with Gasteiger partial charge < -0.3 is 18.3 Å². The molecule has 18 rings (SSSR count). The number of hydrogen-bond acceptors (Lipinski definition) is 2. The van der Waals surface area contributed by atoms with Gasteiger partial charge in [-0.15, -0.1) is 0 Å². The summed E-state index contributed by atoms with van der Waals surface area (Å²) in [7, 11) is 0. The van der Waals surface area contributed by atoms with E-state index in [-0.39, 0.29) is 0 Å². The number of hydrogen-bond donors (Lipinski definition) is 0. The maximum absolute atomic E-state index is 13.1. The first-order valence-corrected chi connectivity index (χ1v) is 27.9. The standard InChI is InChI=1S/C76H44N6/c77-44-59-73(79-60-31-13-9-27-55(60)69-51-23-5-1-18-46(51)35-39-64(69)79)68(50-22-17-43-78-45-50)75(81-62-33-15-11-29-57(62)71-53-25-7-3-20-48(53)37-41-66(71)81)76(82-63-34-16-12-30-58(63)72-54-26-8-4-21-49(54)38-42-67(72)82)74(59)80-61-32-14-10-28-56(61)70-52-24-6-2-19-47(52)36-40-65(70)80/h1-43,45H. The Balaban J connectivity index is 1.20. The van der Waals surface area contributed by atoms with Crippen LogP contribution in [0.15, 0.2) is 267 Å². The minimum atomic E-state index is 0.516. The highest BCUT2D eigenvalue weighted by Crippen LogP contribution is 2.53. The summed E-state index contributed by atoms with van der Waals surface area (Å²) in [6, 6.07) is 95.5. The molecule has 0 atom stereocenters. The van der Waals surface area contributed by atoms with Gasteiger partial charge in [0.15, 0.2) is 0 Å². The van der Waals surface area contributed by atoms with E-state index in [1.54, 1.807) is 0 Å². The minimum absolute atomic E-state index is 0.516. The van der Waals surface area contributed by atoms with Crippen LogP contribution in [-0.2, 0) is 0 Å². The van der Waals surface area contributed by atoms with Crippen molar-refractivity contribution in [2.24, 2.45) is 0 Å². The van der Waals surface area contributed by atoms with Crippen molar-refractivity contribution in [3.05, 3.63) is 273 Å². The second-order valence-corrected chi connectivity index (χ2v) is 21.6. The Kier molecular flexibility index (Phi) is 9.20. The van der Waals surface area contributed by atoms with E-state index in [4.69, 9.17) is 4.98 Å². The molecule has 82 heavy (non-hydrogen) atoms. The van der Waals surface area contributed by atoms with E-state index in [9.17, 15) is 5.26 Å². The first-order valence-electron chi connectivity index (χ1n) is 27.9. The minimum Gasteiger partial charge on any atom is -0.307 e. The molecule has 378 valence electrons. The van der Waals surface area contributed by atoms with Crippen LogP contribution in [0.25, 0.3) is 164 Å². The molecule has 0 saturated heterocycles. The van der Waals surface area contributed by atoms with Crippen molar-refractivity contribution in [3.8, 4) is 39.9 Å². The van der Waals surface area contributed by atoms with Gasteiger partial charge >= 0.3 is 0 Å². The molecule has 13 aromatic carbocycles. The molecule has 0 amide bonds. The largest absolute Gasteiger partial charge is 0.307 e. The molecular weight excluding hydrogens is 997 g/mol. The number of para-hydroxylation sites is 4. The normalized spacial score (nSPS) is 12.1. The highest BCUT2D eigenvalue weighted by atomic mass is 15.1. The van der Waals surface area contributed by atoms with E-state index < -0.39 is 0 Å². The molecule has 0 aliphatic carbocycles. The maximum Gasteiger partial charge on any atom is 0.104 e. The fraction of sp³-hybridized carbons (Fsp3) is 0. The van der Waals surface area contributed by atoms with Gasteiger partial charge in [0.05, 0.1) is 66.9 Å². The summed E-state index contributed by atoms with van der Waals surface area (Å²) in [5, 5.41) is 31.3. The number of pyridine rings is 1. The Morgan fingerprint density at radius 2 is 0.585 bits per heavy atom. The third-order valence-corrected chi connectivity index (χ3v) is 17.6. The van der Waals surface area contributed by atoms with Crippen LogP contribution in [0.2, 0.25) is 0 Å². The summed E-state index contributed by atoms with van der Waals surface area (Å²) < 4.78 is 9.85. The molecule has 0 spiro atoms. The second-order valence-electron chi connectivity index (χ2n) is 21.6. The van der Waals surface area contributed by atoms with Crippen molar-refractivity contribution < 1.29 is 0 Å². The molecule has 0 fully saturated rings. The van der Waals surface area contributed by atoms with Gasteiger partial charge in [-0.05, 0) is 97.7 Å². The van der Waals surface area contributed by atoms with Crippen LogP contribution in [0, 0.1) is 11.3 Å². The lowest BCUT2D eigenvalue weighted by Crippen LogP contribution is -2.16. The average Bonchev–Trinajstić information content (AvgIpc) is 4.23. The van der Waals surface area contributed by atoms with Crippen LogP contribution in [0.1, 0.15) is 5.56 Å². The molecule has 5 aromatic heterocycles. The van der Waals surface area contributed by atoms with Crippen LogP contribution in [0.5, 0.6) is 0 Å². The summed E-state index contributed by atoms with van der Waals surface area (Å²) in [5.74, 6) is 0. The van der Waals surface area contributed by atoms with Gasteiger partial charge in [0.1, 0.15) is 11.6 Å². The van der Waals surface area contributed by atoms with Crippen LogP contribution < -0.4 is 0 Å². The fourth-order valence-corrected chi connectivity index (χ4v) is 14.4. The van der Waals surface area contributed by atoms with Gasteiger partial charge in [0.2, 0.25) is 0 Å². The molecule has 0 radical (unpaired) electrons. The fourth-order valence-electron chi connectivity index (χ4n) is 14.4. The Morgan fingerprint density at radius 3 is 0.939 bits per heavy atom. The highest BCUT2D eigenvalue weighted by molar-refractivity contribution is 6.27. The molecule has 0 aliphatic heterocycles. The van der Waals surface area contributed by atoms with Gasteiger partial charge in [-0.25, -0.2) is 0 Å². The zero-order chi connectivity index (χ0) is 53.7. The smallest absolute Gasteiger partial charge is 0.104 e. The number of benzene rings is 13. The molecule has 0 saturated carbocycles. The summed E-state index contributed by atoms with van der Waals surface area (Å²) >= 11 is 0. The number of nitriles is 1. The molecule has 6 heteroatoms. The van der Waals surface area contributed by atoms with Crippen molar-refractivity contribution in [2.45, 2.75) is 0 Å². The number of rotatable bonds is 5. The molecule has 6 nitrogen and oxygen atoms in total. The van der Waals surface area contributed by atoms with Gasteiger partial charge in [-0.3, -0.25) is 4.98 Å². The molecule has 0 bridgehead atoms. The Morgan fingerprint density at radius 1 is 0.268 bits per heavy atom. The predicted molar refractivity (Wildman–Crippen MR) is 342 cm³/mol. The van der Waals surface area contributed by atoms with Crippen LogP contribution in [0.3, 0.4) is 0 Å². The quantitative estimate of drug-likeness (QED) is 0.172. The van der Waals surface area contributed by atoms with Crippen LogP contribution in [0.4, 0.5) is 0 Å². The first-order chi connectivity index (χ1) is 40.7. The topological polar surface area (TPSA) is 56.4 Å². The summed E-state index contributed by atoms with van der Waals surface area (Å²) in [4.78, 5) is 4.99. The lowest BCUT2D eigenvalue weighted by molar-refractivity contribution is 1.03. The van der Waals surface area contributed by atoms with Gasteiger partial charge in [0.25, 0.3) is 0 Å². The van der Waals surface area contributed by atoms with Gasteiger partial charge in [0, 0.05) is 66.6 Å². The monoisotopic (exact) mass is 1040 g/mol. The predicted octanol–water partition coefficient (Wildman–Crippen LogP) is 19.6. The molecule has 0 unspecified atom stereocenters. The number of aromatic nitrogens is 5. The molecule has 5 heterocycles. The van der Waals surface area contributed by atoms with Gasteiger partial charge in [-0.2, -0.15) is 5.26 Å². The first kappa shape index (κ1) is 44.7. The molecular formula is C76H44N6. The Hall–Kier alpha value is -11.3. The third kappa shape index (κ3) is 5.92. The van der Waals surface area contributed by atoms with Crippen LogP contribution >= 0.6 is 0 Å². The van der Waals surface area contributed by atoms with Gasteiger partial charge in [-0.1, -0.05) is 200 Å². The molecule has 0 N–H and O–H groups in total. The van der Waals surface area contributed by atoms with E-state index >= 15 is 0 Å². The zero-order valence-electron chi connectivity index (χ0n) is 44.1. The second kappa shape index (κ2) is 16.9. The lowest BCUT2D eigenvalue weighted by Gasteiger charge is -2.29. The zero-order valence-corrected chi connectivity index (χ0v) is 44.1. The lowest BCUT2D eigenvalue weighted by atomic mass is 9.94. The maximum atomic E-state index is 13.1. The van der Waals surface area contributed by atoms with Crippen molar-refractivity contribution in [2.75, 3.05) is 0 Å². The SMILES string of the molecule is N#Cc1c(-n2c3ccccc3c3c4ccccc4ccc32)c(-c2cccnc2)c(-n2c3ccccc3c3c4ccccc4ccc32)c(-n2c3ccccc3c3c4ccccc4ccc32)c1-n1c2ccccc2c2c3ccccc3ccc21. The summed E-state index contributed by atoms with van der Waals surface area (Å²) in [5.41, 5.74) is 13.6. The van der Waals surface area contributed by atoms with Crippen molar-refractivity contribution in [3.63, 3.8) is 0 Å². The van der Waals surface area contributed by atoms with Crippen LogP contribution in [-0.4, -0.2) is 23.3 Å². The number of fused-ring (bicyclic) bond motifs is 20. The van der Waals surface area contributed by atoms with E-state index in [1.807, 2.05) is 18.5 Å². The van der Waals surface area contributed by atoms with E-state index in [0.29, 0.717) is 5.56 Å².